The van der Waals surface area contributed by atoms with Crippen LogP contribution in [0.3, 0.4) is 0 Å². The molecule has 1 aromatic heterocycles. The van der Waals surface area contributed by atoms with Crippen molar-refractivity contribution in [2.75, 3.05) is 5.88 Å². The largest absolute Gasteiger partial charge is 0.484 e. The molecule has 2 aromatic rings. The zero-order valence-electron chi connectivity index (χ0n) is 12.0. The Morgan fingerprint density at radius 3 is 2.76 bits per heavy atom. The molecule has 0 amide bonds. The molecule has 3 rings (SSSR count). The summed E-state index contributed by atoms with van der Waals surface area (Å²) in [7, 11) is 0. The number of benzene rings is 1. The van der Waals surface area contributed by atoms with Crippen LogP contribution < -0.4 is 4.74 Å². The van der Waals surface area contributed by atoms with E-state index in [-0.39, 0.29) is 0 Å². The molecule has 0 saturated carbocycles. The Bertz CT molecular complexity index is 598. The highest BCUT2D eigenvalue weighted by atomic mass is 35.5. The first-order chi connectivity index (χ1) is 10.3. The second-order valence-electron chi connectivity index (χ2n) is 5.31. The number of ether oxygens (including phenoxy) is 1. The number of nitrogens with zero attached hydrogens (tertiary/aromatic N) is 2. The van der Waals surface area contributed by atoms with Crippen LogP contribution >= 0.6 is 11.6 Å². The Morgan fingerprint density at radius 2 is 1.90 bits per heavy atom. The second kappa shape index (κ2) is 6.94. The number of fused-ring (bicyclic) bond motifs is 1. The molecule has 0 bridgehead atoms. The first kappa shape index (κ1) is 14.4. The summed E-state index contributed by atoms with van der Waals surface area (Å²) in [6, 6.07) is 6.33. The normalized spacial score (nSPS) is 14.0. The Kier molecular flexibility index (Phi) is 4.76. The van der Waals surface area contributed by atoms with Gasteiger partial charge in [0, 0.05) is 12.3 Å². The first-order valence-corrected chi connectivity index (χ1v) is 8.00. The monoisotopic (exact) mass is 306 g/mol. The molecule has 1 heterocycles. The lowest BCUT2D eigenvalue weighted by Crippen LogP contribution is -2.03. The van der Waals surface area contributed by atoms with E-state index in [0.717, 1.165) is 25.0 Å². The van der Waals surface area contributed by atoms with Crippen LogP contribution in [0.1, 0.15) is 42.2 Å². The van der Waals surface area contributed by atoms with Crippen molar-refractivity contribution >= 4 is 11.6 Å². The molecule has 0 N–H and O–H groups in total. The van der Waals surface area contributed by atoms with E-state index in [0.29, 0.717) is 24.3 Å². The predicted octanol–water partition coefficient (Wildman–Crippen LogP) is 3.70. The van der Waals surface area contributed by atoms with Gasteiger partial charge in [0.25, 0.3) is 5.89 Å². The standard InChI is InChI=1S/C16H19ClN2O2/c17-9-3-6-15-18-19-16(21-15)11-20-14-8-7-12-4-1-2-5-13(12)10-14/h7-8,10H,1-6,9,11H2. The smallest absolute Gasteiger partial charge is 0.253 e. The molecule has 0 atom stereocenters. The average molecular weight is 307 g/mol. The number of hydrogen-bond donors (Lipinski definition) is 0. The van der Waals surface area contributed by atoms with E-state index >= 15 is 0 Å². The maximum absolute atomic E-state index is 5.75. The van der Waals surface area contributed by atoms with Crippen LogP contribution in [0.25, 0.3) is 0 Å². The zero-order valence-corrected chi connectivity index (χ0v) is 12.7. The molecule has 4 nitrogen and oxygen atoms in total. The molecular weight excluding hydrogens is 288 g/mol. The maximum Gasteiger partial charge on any atom is 0.253 e. The summed E-state index contributed by atoms with van der Waals surface area (Å²) in [6.45, 7) is 0.312. The van der Waals surface area contributed by atoms with Crippen molar-refractivity contribution < 1.29 is 9.15 Å². The summed E-state index contributed by atoms with van der Waals surface area (Å²) in [6.07, 6.45) is 6.45. The summed E-state index contributed by atoms with van der Waals surface area (Å²) < 4.78 is 11.3. The van der Waals surface area contributed by atoms with Gasteiger partial charge in [0.15, 0.2) is 6.61 Å². The molecule has 1 aliphatic rings. The molecule has 1 aliphatic carbocycles. The van der Waals surface area contributed by atoms with Crippen LogP contribution in [0.2, 0.25) is 0 Å². The van der Waals surface area contributed by atoms with Crippen molar-refractivity contribution in [3.63, 3.8) is 0 Å². The third kappa shape index (κ3) is 3.76. The molecule has 0 saturated heterocycles. The molecule has 5 heteroatoms. The fraction of sp³-hybridized carbons (Fsp3) is 0.500. The highest BCUT2D eigenvalue weighted by Gasteiger charge is 2.11. The van der Waals surface area contributed by atoms with Crippen LogP contribution in [0.5, 0.6) is 5.75 Å². The van der Waals surface area contributed by atoms with Crippen molar-refractivity contribution in [1.82, 2.24) is 10.2 Å². The number of alkyl halides is 1. The summed E-state index contributed by atoms with van der Waals surface area (Å²) in [5.41, 5.74) is 2.86. The van der Waals surface area contributed by atoms with Gasteiger partial charge in [-0.2, -0.15) is 0 Å². The Balaban J connectivity index is 1.58. The fourth-order valence-corrected chi connectivity index (χ4v) is 2.74. The van der Waals surface area contributed by atoms with Crippen molar-refractivity contribution in [1.29, 1.82) is 0 Å². The maximum atomic E-state index is 5.75. The van der Waals surface area contributed by atoms with Gasteiger partial charge >= 0.3 is 0 Å². The number of aromatic nitrogens is 2. The quantitative estimate of drug-likeness (QED) is 0.764. The Labute approximate surface area is 129 Å². The van der Waals surface area contributed by atoms with Crippen LogP contribution in [0, 0.1) is 0 Å². The fourth-order valence-electron chi connectivity index (χ4n) is 2.61. The molecule has 0 aliphatic heterocycles. The molecule has 0 unspecified atom stereocenters. The number of hydrogen-bond acceptors (Lipinski definition) is 4. The molecule has 1 aromatic carbocycles. The second-order valence-corrected chi connectivity index (χ2v) is 5.69. The third-order valence-corrected chi connectivity index (χ3v) is 3.98. The molecule has 0 spiro atoms. The van der Waals surface area contributed by atoms with Crippen molar-refractivity contribution in [2.24, 2.45) is 0 Å². The van der Waals surface area contributed by atoms with Gasteiger partial charge in [0.05, 0.1) is 0 Å². The molecule has 0 fully saturated rings. The molecular formula is C16H19ClN2O2. The van der Waals surface area contributed by atoms with E-state index in [1.54, 1.807) is 0 Å². The third-order valence-electron chi connectivity index (χ3n) is 3.72. The van der Waals surface area contributed by atoms with E-state index in [1.807, 2.05) is 6.07 Å². The minimum atomic E-state index is 0.312. The first-order valence-electron chi connectivity index (χ1n) is 7.47. The van der Waals surface area contributed by atoms with Crippen molar-refractivity contribution in [2.45, 2.75) is 45.1 Å². The lowest BCUT2D eigenvalue weighted by atomic mass is 9.92. The molecule has 21 heavy (non-hydrogen) atoms. The Morgan fingerprint density at radius 1 is 1.10 bits per heavy atom. The summed E-state index contributed by atoms with van der Waals surface area (Å²) in [5, 5.41) is 7.97. The number of rotatable bonds is 6. The highest BCUT2D eigenvalue weighted by Crippen LogP contribution is 2.25. The van der Waals surface area contributed by atoms with Crippen LogP contribution in [-0.4, -0.2) is 16.1 Å². The number of aryl methyl sites for hydroxylation is 3. The summed E-state index contributed by atoms with van der Waals surface area (Å²) in [5.74, 6) is 2.61. The minimum absolute atomic E-state index is 0.312. The summed E-state index contributed by atoms with van der Waals surface area (Å²) >= 11 is 5.64. The molecule has 0 radical (unpaired) electrons. The van der Waals surface area contributed by atoms with Gasteiger partial charge in [-0.25, -0.2) is 0 Å². The van der Waals surface area contributed by atoms with Gasteiger partial charge in [0.1, 0.15) is 5.75 Å². The minimum Gasteiger partial charge on any atom is -0.484 e. The van der Waals surface area contributed by atoms with Gasteiger partial charge in [0.2, 0.25) is 5.89 Å². The van der Waals surface area contributed by atoms with Crippen LogP contribution in [-0.2, 0) is 25.9 Å². The van der Waals surface area contributed by atoms with Gasteiger partial charge in [-0.1, -0.05) is 6.07 Å². The van der Waals surface area contributed by atoms with Crippen molar-refractivity contribution in [3.8, 4) is 5.75 Å². The topological polar surface area (TPSA) is 48.2 Å². The van der Waals surface area contributed by atoms with Gasteiger partial charge in [-0.15, -0.1) is 21.8 Å². The lowest BCUT2D eigenvalue weighted by Gasteiger charge is -2.16. The van der Waals surface area contributed by atoms with E-state index in [2.05, 4.69) is 22.3 Å². The zero-order chi connectivity index (χ0) is 14.5. The van der Waals surface area contributed by atoms with Crippen LogP contribution in [0.4, 0.5) is 0 Å². The number of halogens is 1. The highest BCUT2D eigenvalue weighted by molar-refractivity contribution is 6.17. The van der Waals surface area contributed by atoms with E-state index in [4.69, 9.17) is 20.8 Å². The van der Waals surface area contributed by atoms with Crippen LogP contribution in [0.15, 0.2) is 22.6 Å². The predicted molar refractivity (Wildman–Crippen MR) is 80.8 cm³/mol. The van der Waals surface area contributed by atoms with Gasteiger partial charge in [-0.05, 0) is 55.4 Å². The van der Waals surface area contributed by atoms with Gasteiger partial charge in [-0.3, -0.25) is 0 Å². The Hall–Kier alpha value is -1.55. The van der Waals surface area contributed by atoms with E-state index in [1.165, 1.54) is 30.4 Å². The van der Waals surface area contributed by atoms with E-state index in [9.17, 15) is 0 Å². The van der Waals surface area contributed by atoms with E-state index < -0.39 is 0 Å². The SMILES string of the molecule is ClCCCc1nnc(COc2ccc3c(c2)CCCC3)o1. The lowest BCUT2D eigenvalue weighted by molar-refractivity contribution is 0.258. The van der Waals surface area contributed by atoms with Crippen molar-refractivity contribution in [3.05, 3.63) is 41.1 Å². The molecule has 112 valence electrons. The van der Waals surface area contributed by atoms with Gasteiger partial charge < -0.3 is 9.15 Å². The summed E-state index contributed by atoms with van der Waals surface area (Å²) in [4.78, 5) is 0. The average Bonchev–Trinajstić information content (AvgIpc) is 2.98.